The molecule has 0 heterocycles. The van der Waals surface area contributed by atoms with Gasteiger partial charge in [-0.25, -0.2) is 0 Å². The third-order valence-corrected chi connectivity index (χ3v) is 9.54. The largest absolute Gasteiger partial charge is 0.421 e. The lowest BCUT2D eigenvalue weighted by molar-refractivity contribution is -0.0605. The summed E-state index contributed by atoms with van der Waals surface area (Å²) in [5.41, 5.74) is -0.112. The van der Waals surface area contributed by atoms with Crippen LogP contribution >= 0.6 is 0 Å². The number of unbranched alkanes of at least 4 members (excludes halogenated alkanes) is 2. The molecular formula is C29H56O3Si2. The van der Waals surface area contributed by atoms with Crippen LogP contribution in [0.4, 0.5) is 0 Å². The van der Waals surface area contributed by atoms with Crippen LogP contribution in [0.2, 0.25) is 26.2 Å². The van der Waals surface area contributed by atoms with E-state index in [9.17, 15) is 5.11 Å². The van der Waals surface area contributed by atoms with E-state index in [1.807, 2.05) is 0 Å². The zero-order valence-electron chi connectivity index (χ0n) is 24.1. The standard InChI is InChI=1S/C29H56O3Si2/c1-12-16-25-23(22-30)21-29(28(5,6)7,32-34(10)11)26(25)19-18-24(27(2,3)4)17-14-13-15-20-31-33(8)9/h1,18-19,23-26,30,33-34H,13-17,20-22H2,2-11H3/t23-,24+,25-,26-,29-/m1/s1. The maximum Gasteiger partial charge on any atom is 0.171 e. The van der Waals surface area contributed by atoms with E-state index in [2.05, 4.69) is 85.8 Å². The molecule has 0 aromatic rings. The van der Waals surface area contributed by atoms with Crippen molar-refractivity contribution in [3.8, 4) is 12.3 Å². The highest BCUT2D eigenvalue weighted by atomic mass is 28.3. The average molecular weight is 509 g/mol. The minimum absolute atomic E-state index is 0.0347. The average Bonchev–Trinajstić information content (AvgIpc) is 2.99. The number of hydrogen-bond acceptors (Lipinski definition) is 3. The fraction of sp³-hybridized carbons (Fsp3) is 0.862. The minimum atomic E-state index is -1.31. The molecule has 198 valence electrons. The van der Waals surface area contributed by atoms with Gasteiger partial charge in [0, 0.05) is 25.6 Å². The lowest BCUT2D eigenvalue weighted by atomic mass is 9.68. The van der Waals surface area contributed by atoms with Crippen molar-refractivity contribution in [1.29, 1.82) is 0 Å². The summed E-state index contributed by atoms with van der Waals surface area (Å²) in [4.78, 5) is 0. The molecule has 34 heavy (non-hydrogen) atoms. The molecule has 1 N–H and O–H groups in total. The van der Waals surface area contributed by atoms with Crippen molar-refractivity contribution >= 4 is 18.1 Å². The second-order valence-corrected chi connectivity index (χ2v) is 17.9. The lowest BCUT2D eigenvalue weighted by Gasteiger charge is -2.48. The summed E-state index contributed by atoms with van der Waals surface area (Å²) in [6, 6.07) is 0. The highest BCUT2D eigenvalue weighted by molar-refractivity contribution is 6.48. The second kappa shape index (κ2) is 13.8. The summed E-state index contributed by atoms with van der Waals surface area (Å²) in [5.74, 6) is 4.11. The van der Waals surface area contributed by atoms with Gasteiger partial charge < -0.3 is 14.0 Å². The van der Waals surface area contributed by atoms with Gasteiger partial charge in [0.15, 0.2) is 18.1 Å². The Labute approximate surface area is 215 Å². The van der Waals surface area contributed by atoms with E-state index in [4.69, 9.17) is 15.3 Å². The summed E-state index contributed by atoms with van der Waals surface area (Å²) in [6.07, 6.45) is 17.2. The number of hydrogen-bond donors (Lipinski definition) is 1. The molecule has 1 aliphatic rings. The van der Waals surface area contributed by atoms with Gasteiger partial charge in [0.2, 0.25) is 0 Å². The number of aliphatic hydroxyl groups is 1. The maximum atomic E-state index is 10.3. The highest BCUT2D eigenvalue weighted by Gasteiger charge is 2.58. The van der Waals surface area contributed by atoms with E-state index in [-0.39, 0.29) is 40.8 Å². The lowest BCUT2D eigenvalue weighted by Crippen LogP contribution is -2.51. The van der Waals surface area contributed by atoms with E-state index in [1.54, 1.807) is 0 Å². The molecule has 3 nitrogen and oxygen atoms in total. The molecule has 0 aliphatic heterocycles. The fourth-order valence-corrected chi connectivity index (χ4v) is 7.89. The number of terminal acetylenes is 1. The molecule has 1 aliphatic carbocycles. The summed E-state index contributed by atoms with van der Waals surface area (Å²) in [7, 11) is -2.21. The Hall–Kier alpha value is -0.386. The number of rotatable bonds is 13. The first kappa shape index (κ1) is 31.6. The van der Waals surface area contributed by atoms with Crippen molar-refractivity contribution in [2.75, 3.05) is 13.2 Å². The Morgan fingerprint density at radius 2 is 1.71 bits per heavy atom. The van der Waals surface area contributed by atoms with Gasteiger partial charge in [0.1, 0.15) is 0 Å². The van der Waals surface area contributed by atoms with Crippen LogP contribution in [-0.4, -0.2) is 42.0 Å². The van der Waals surface area contributed by atoms with Gasteiger partial charge in [0.25, 0.3) is 0 Å². The Balaban J connectivity index is 3.19. The molecule has 0 bridgehead atoms. The Kier molecular flexibility index (Phi) is 12.8. The maximum absolute atomic E-state index is 10.3. The highest BCUT2D eigenvalue weighted by Crippen LogP contribution is 2.57. The van der Waals surface area contributed by atoms with Crippen molar-refractivity contribution < 1.29 is 14.0 Å². The van der Waals surface area contributed by atoms with Gasteiger partial charge >= 0.3 is 0 Å². The molecule has 0 spiro atoms. The predicted octanol–water partition coefficient (Wildman–Crippen LogP) is 6.82. The van der Waals surface area contributed by atoms with E-state index in [1.165, 1.54) is 19.3 Å². The number of allylic oxidation sites excluding steroid dienone is 1. The molecule has 5 heteroatoms. The summed E-state index contributed by atoms with van der Waals surface area (Å²) >= 11 is 0. The molecule has 0 aromatic heterocycles. The molecule has 0 aromatic carbocycles. The van der Waals surface area contributed by atoms with Crippen LogP contribution in [0.3, 0.4) is 0 Å². The smallest absolute Gasteiger partial charge is 0.171 e. The summed E-state index contributed by atoms with van der Waals surface area (Å²) in [5, 5.41) is 10.3. The van der Waals surface area contributed by atoms with Crippen LogP contribution in [0.5, 0.6) is 0 Å². The summed E-state index contributed by atoms with van der Waals surface area (Å²) < 4.78 is 12.8. The molecule has 0 amide bonds. The van der Waals surface area contributed by atoms with Gasteiger partial charge in [-0.15, -0.1) is 12.3 Å². The van der Waals surface area contributed by atoms with Crippen molar-refractivity contribution in [1.82, 2.24) is 0 Å². The quantitative estimate of drug-likeness (QED) is 0.128. The first-order valence-corrected chi connectivity index (χ1v) is 19.3. The number of aliphatic hydroxyl groups excluding tert-OH is 1. The zero-order valence-corrected chi connectivity index (χ0v) is 26.4. The first-order valence-electron chi connectivity index (χ1n) is 13.7. The minimum Gasteiger partial charge on any atom is -0.421 e. The Morgan fingerprint density at radius 3 is 2.18 bits per heavy atom. The van der Waals surface area contributed by atoms with Crippen molar-refractivity contribution in [2.24, 2.45) is 34.5 Å². The Morgan fingerprint density at radius 1 is 1.06 bits per heavy atom. The molecule has 1 fully saturated rings. The Bertz CT molecular complexity index is 654. The second-order valence-electron chi connectivity index (χ2n) is 13.2. The van der Waals surface area contributed by atoms with E-state index >= 15 is 0 Å². The monoisotopic (exact) mass is 508 g/mol. The van der Waals surface area contributed by atoms with E-state index in [0.717, 1.165) is 19.4 Å². The topological polar surface area (TPSA) is 38.7 Å². The van der Waals surface area contributed by atoms with Crippen molar-refractivity contribution in [2.45, 2.75) is 112 Å². The molecule has 0 saturated heterocycles. The molecule has 1 rings (SSSR count). The fourth-order valence-electron chi connectivity index (χ4n) is 5.81. The third-order valence-electron chi connectivity index (χ3n) is 7.75. The SMILES string of the molecule is C#CC[C@@H]1[C@@H](CO)C[C@](O[SiH](C)C)(C(C)(C)C)[C@@H]1C=C[C@H](CCCCCO[SiH](C)C)C(C)(C)C. The molecular weight excluding hydrogens is 452 g/mol. The normalized spacial score (nSPS) is 27.1. The van der Waals surface area contributed by atoms with Crippen LogP contribution in [0.15, 0.2) is 12.2 Å². The van der Waals surface area contributed by atoms with Gasteiger partial charge in [-0.05, 0) is 74.0 Å². The van der Waals surface area contributed by atoms with Crippen LogP contribution in [0, 0.1) is 46.8 Å². The summed E-state index contributed by atoms with van der Waals surface area (Å²) in [6.45, 7) is 24.1. The van der Waals surface area contributed by atoms with Gasteiger partial charge in [0.05, 0.1) is 5.60 Å². The van der Waals surface area contributed by atoms with Gasteiger partial charge in [-0.1, -0.05) is 66.5 Å². The van der Waals surface area contributed by atoms with Gasteiger partial charge in [-0.3, -0.25) is 0 Å². The van der Waals surface area contributed by atoms with Gasteiger partial charge in [-0.2, -0.15) is 0 Å². The predicted molar refractivity (Wildman–Crippen MR) is 153 cm³/mol. The molecule has 0 unspecified atom stereocenters. The first-order chi connectivity index (χ1) is 15.7. The van der Waals surface area contributed by atoms with E-state index < -0.39 is 18.1 Å². The van der Waals surface area contributed by atoms with Crippen LogP contribution in [0.25, 0.3) is 0 Å². The van der Waals surface area contributed by atoms with Crippen molar-refractivity contribution in [3.63, 3.8) is 0 Å². The molecule has 1 saturated carbocycles. The third kappa shape index (κ3) is 8.93. The zero-order chi connectivity index (χ0) is 26.2. The molecule has 0 radical (unpaired) electrons. The van der Waals surface area contributed by atoms with Crippen LogP contribution in [-0.2, 0) is 8.85 Å². The van der Waals surface area contributed by atoms with Crippen molar-refractivity contribution in [3.05, 3.63) is 12.2 Å². The van der Waals surface area contributed by atoms with Crippen LogP contribution < -0.4 is 0 Å². The molecule has 5 atom stereocenters. The van der Waals surface area contributed by atoms with E-state index in [0.29, 0.717) is 12.3 Å². The van der Waals surface area contributed by atoms with Crippen LogP contribution in [0.1, 0.15) is 80.1 Å².